The second kappa shape index (κ2) is 9.39. The largest absolute Gasteiger partial charge is 0.384 e. The number of benzene rings is 1. The van der Waals surface area contributed by atoms with Gasteiger partial charge in [0.15, 0.2) is 0 Å². The smallest absolute Gasteiger partial charge is 0.239 e. The van der Waals surface area contributed by atoms with Crippen molar-refractivity contribution in [3.8, 4) is 0 Å². The number of anilines is 1. The molecular formula is C15H24N2O2. The lowest BCUT2D eigenvalue weighted by Gasteiger charge is -2.11. The molecule has 0 fully saturated rings. The Balaban J connectivity index is 2.41. The third-order valence-electron chi connectivity index (χ3n) is 2.88. The van der Waals surface area contributed by atoms with Crippen molar-refractivity contribution in [2.24, 2.45) is 0 Å². The monoisotopic (exact) mass is 264 g/mol. The first kappa shape index (κ1) is 15.5. The standard InChI is InChI=1S/C15H24N2O2/c1-3-4-10-16-15(18)12-17-14-8-6-5-7-13(14)9-11-19-2/h5-8,17H,3-4,9-12H2,1-2H3,(H,16,18). The Kier molecular flexibility index (Phi) is 7.66. The van der Waals surface area contributed by atoms with Crippen molar-refractivity contribution in [3.63, 3.8) is 0 Å². The molecule has 4 nitrogen and oxygen atoms in total. The van der Waals surface area contributed by atoms with Gasteiger partial charge in [0.2, 0.25) is 5.91 Å². The fourth-order valence-corrected chi connectivity index (χ4v) is 1.77. The van der Waals surface area contributed by atoms with E-state index in [1.54, 1.807) is 7.11 Å². The van der Waals surface area contributed by atoms with Gasteiger partial charge in [-0.15, -0.1) is 0 Å². The van der Waals surface area contributed by atoms with Gasteiger partial charge in [0.05, 0.1) is 13.2 Å². The van der Waals surface area contributed by atoms with Gasteiger partial charge in [-0.2, -0.15) is 0 Å². The number of hydrogen-bond acceptors (Lipinski definition) is 3. The van der Waals surface area contributed by atoms with E-state index in [1.807, 2.05) is 18.2 Å². The highest BCUT2D eigenvalue weighted by atomic mass is 16.5. The third-order valence-corrected chi connectivity index (χ3v) is 2.88. The molecule has 0 unspecified atom stereocenters. The molecule has 106 valence electrons. The highest BCUT2D eigenvalue weighted by molar-refractivity contribution is 5.80. The minimum atomic E-state index is 0.0370. The lowest BCUT2D eigenvalue weighted by Crippen LogP contribution is -2.30. The molecule has 1 aromatic rings. The zero-order valence-corrected chi connectivity index (χ0v) is 11.9. The predicted octanol–water partition coefficient (Wildman–Crippen LogP) is 2.20. The Labute approximate surface area is 115 Å². The van der Waals surface area contributed by atoms with Crippen LogP contribution in [0.25, 0.3) is 0 Å². The summed E-state index contributed by atoms with van der Waals surface area (Å²) in [5, 5.41) is 6.07. The van der Waals surface area contributed by atoms with Crippen molar-refractivity contribution >= 4 is 11.6 Å². The Hall–Kier alpha value is -1.55. The van der Waals surface area contributed by atoms with E-state index in [4.69, 9.17) is 4.74 Å². The molecule has 0 spiro atoms. The molecule has 0 heterocycles. The molecule has 0 aromatic heterocycles. The third kappa shape index (κ3) is 6.25. The SMILES string of the molecule is CCCCNC(=O)CNc1ccccc1CCOC. The first-order valence-electron chi connectivity index (χ1n) is 6.85. The molecule has 2 N–H and O–H groups in total. The summed E-state index contributed by atoms with van der Waals surface area (Å²) in [6, 6.07) is 8.01. The van der Waals surface area contributed by atoms with Crippen LogP contribution in [0.4, 0.5) is 5.69 Å². The number of unbranched alkanes of at least 4 members (excludes halogenated alkanes) is 1. The summed E-state index contributed by atoms with van der Waals surface area (Å²) in [6.45, 7) is 3.86. The molecule has 0 aliphatic heterocycles. The van der Waals surface area contributed by atoms with E-state index in [9.17, 15) is 4.79 Å². The van der Waals surface area contributed by atoms with Crippen LogP contribution in [-0.2, 0) is 16.0 Å². The van der Waals surface area contributed by atoms with Gasteiger partial charge in [-0.25, -0.2) is 0 Å². The second-order valence-corrected chi connectivity index (χ2v) is 4.46. The average molecular weight is 264 g/mol. The van der Waals surface area contributed by atoms with E-state index in [-0.39, 0.29) is 5.91 Å². The molecule has 1 rings (SSSR count). The fraction of sp³-hybridized carbons (Fsp3) is 0.533. The van der Waals surface area contributed by atoms with Gasteiger partial charge < -0.3 is 15.4 Å². The molecule has 0 aliphatic carbocycles. The molecule has 4 heteroatoms. The molecule has 1 aromatic carbocycles. The van der Waals surface area contributed by atoms with Gasteiger partial charge in [-0.3, -0.25) is 4.79 Å². The minimum absolute atomic E-state index is 0.0370. The number of amides is 1. The summed E-state index contributed by atoms with van der Waals surface area (Å²) in [7, 11) is 1.69. The normalized spacial score (nSPS) is 10.2. The van der Waals surface area contributed by atoms with Gasteiger partial charge >= 0.3 is 0 Å². The molecular weight excluding hydrogens is 240 g/mol. The molecule has 19 heavy (non-hydrogen) atoms. The highest BCUT2D eigenvalue weighted by Gasteiger charge is 2.04. The number of hydrogen-bond donors (Lipinski definition) is 2. The topological polar surface area (TPSA) is 50.4 Å². The van der Waals surface area contributed by atoms with Crippen molar-refractivity contribution in [2.45, 2.75) is 26.2 Å². The van der Waals surface area contributed by atoms with E-state index >= 15 is 0 Å². The van der Waals surface area contributed by atoms with Crippen LogP contribution in [0.2, 0.25) is 0 Å². The van der Waals surface area contributed by atoms with Crippen LogP contribution >= 0.6 is 0 Å². The van der Waals surface area contributed by atoms with Gasteiger partial charge in [-0.05, 0) is 24.5 Å². The Morgan fingerprint density at radius 1 is 1.32 bits per heavy atom. The van der Waals surface area contributed by atoms with Gasteiger partial charge in [0.25, 0.3) is 0 Å². The van der Waals surface area contributed by atoms with Gasteiger partial charge in [0.1, 0.15) is 0 Å². The zero-order chi connectivity index (χ0) is 13.9. The Morgan fingerprint density at radius 2 is 2.11 bits per heavy atom. The van der Waals surface area contributed by atoms with Crippen LogP contribution in [-0.4, -0.2) is 32.7 Å². The Morgan fingerprint density at radius 3 is 2.84 bits per heavy atom. The van der Waals surface area contributed by atoms with Crippen molar-refractivity contribution in [2.75, 3.05) is 32.1 Å². The van der Waals surface area contributed by atoms with Gasteiger partial charge in [0, 0.05) is 19.3 Å². The first-order chi connectivity index (χ1) is 9.27. The van der Waals surface area contributed by atoms with E-state index < -0.39 is 0 Å². The number of para-hydroxylation sites is 1. The van der Waals surface area contributed by atoms with Crippen molar-refractivity contribution in [1.82, 2.24) is 5.32 Å². The quantitative estimate of drug-likeness (QED) is 0.672. The van der Waals surface area contributed by atoms with Crippen LogP contribution in [0.3, 0.4) is 0 Å². The van der Waals surface area contributed by atoms with Crippen molar-refractivity contribution < 1.29 is 9.53 Å². The van der Waals surface area contributed by atoms with Crippen molar-refractivity contribution in [3.05, 3.63) is 29.8 Å². The van der Waals surface area contributed by atoms with Crippen LogP contribution in [0.5, 0.6) is 0 Å². The summed E-state index contributed by atoms with van der Waals surface area (Å²) in [6.07, 6.45) is 2.96. The number of carbonyl (C=O) groups is 1. The molecule has 0 atom stereocenters. The molecule has 0 aliphatic rings. The van der Waals surface area contributed by atoms with E-state index in [1.165, 1.54) is 5.56 Å². The number of carbonyl (C=O) groups excluding carboxylic acids is 1. The molecule has 0 bridgehead atoms. The molecule has 0 saturated heterocycles. The van der Waals surface area contributed by atoms with Crippen molar-refractivity contribution in [1.29, 1.82) is 0 Å². The van der Waals surface area contributed by atoms with E-state index in [0.717, 1.165) is 31.5 Å². The van der Waals surface area contributed by atoms with Gasteiger partial charge in [-0.1, -0.05) is 31.5 Å². The molecule has 1 amide bonds. The highest BCUT2D eigenvalue weighted by Crippen LogP contribution is 2.15. The van der Waals surface area contributed by atoms with Crippen LogP contribution in [0, 0.1) is 0 Å². The summed E-state index contributed by atoms with van der Waals surface area (Å²) in [4.78, 5) is 11.6. The van der Waals surface area contributed by atoms with Crippen LogP contribution in [0.15, 0.2) is 24.3 Å². The summed E-state index contributed by atoms with van der Waals surface area (Å²) < 4.78 is 5.08. The minimum Gasteiger partial charge on any atom is -0.384 e. The van der Waals surface area contributed by atoms with Crippen LogP contribution < -0.4 is 10.6 Å². The fourth-order valence-electron chi connectivity index (χ4n) is 1.77. The molecule has 0 radical (unpaired) electrons. The number of methoxy groups -OCH3 is 1. The maximum atomic E-state index is 11.6. The summed E-state index contributed by atoms with van der Waals surface area (Å²) >= 11 is 0. The summed E-state index contributed by atoms with van der Waals surface area (Å²) in [5.41, 5.74) is 2.18. The van der Waals surface area contributed by atoms with Crippen LogP contribution in [0.1, 0.15) is 25.3 Å². The first-order valence-corrected chi connectivity index (χ1v) is 6.85. The molecule has 0 saturated carbocycles. The maximum Gasteiger partial charge on any atom is 0.239 e. The number of rotatable bonds is 9. The lowest BCUT2D eigenvalue weighted by molar-refractivity contribution is -0.119. The predicted molar refractivity (Wildman–Crippen MR) is 78.4 cm³/mol. The average Bonchev–Trinajstić information content (AvgIpc) is 2.44. The Bertz CT molecular complexity index is 380. The second-order valence-electron chi connectivity index (χ2n) is 4.46. The summed E-state index contributed by atoms with van der Waals surface area (Å²) in [5.74, 6) is 0.0370. The van der Waals surface area contributed by atoms with E-state index in [2.05, 4.69) is 23.6 Å². The lowest BCUT2D eigenvalue weighted by atomic mass is 10.1. The van der Waals surface area contributed by atoms with E-state index in [0.29, 0.717) is 13.2 Å². The zero-order valence-electron chi connectivity index (χ0n) is 11.9. The number of nitrogens with one attached hydrogen (secondary N) is 2. The number of ether oxygens (including phenoxy) is 1. The maximum absolute atomic E-state index is 11.6.